The third-order valence-electron chi connectivity index (χ3n) is 3.93. The van der Waals surface area contributed by atoms with Gasteiger partial charge in [0.1, 0.15) is 11.3 Å². The summed E-state index contributed by atoms with van der Waals surface area (Å²) in [6, 6.07) is 5.62. The normalized spacial score (nSPS) is 11.5. The summed E-state index contributed by atoms with van der Waals surface area (Å²) in [5, 5.41) is 3.18. The molecule has 146 valence electrons. The average molecular weight is 409 g/mol. The van der Waals surface area contributed by atoms with Crippen molar-refractivity contribution in [3.63, 3.8) is 0 Å². The summed E-state index contributed by atoms with van der Waals surface area (Å²) in [6.07, 6.45) is -4.65. The molecule has 0 aliphatic rings. The van der Waals surface area contributed by atoms with Crippen LogP contribution in [0.5, 0.6) is 5.75 Å². The Bertz CT molecular complexity index is 1090. The topological polar surface area (TPSA) is 94.3 Å². The number of fused-ring (bicyclic) bond motifs is 1. The number of nitrogens with one attached hydrogen (secondary N) is 1. The molecule has 3 rings (SSSR count). The van der Waals surface area contributed by atoms with E-state index < -0.39 is 29.1 Å². The van der Waals surface area contributed by atoms with E-state index in [9.17, 15) is 22.8 Å². The van der Waals surface area contributed by atoms with Gasteiger partial charge < -0.3 is 15.8 Å². The van der Waals surface area contributed by atoms with Gasteiger partial charge in [-0.05, 0) is 37.3 Å². The van der Waals surface area contributed by atoms with Crippen molar-refractivity contribution in [1.82, 2.24) is 4.98 Å². The van der Waals surface area contributed by atoms with Gasteiger partial charge in [-0.3, -0.25) is 9.59 Å². The lowest BCUT2D eigenvalue weighted by Crippen LogP contribution is -2.20. The lowest BCUT2D eigenvalue weighted by molar-refractivity contribution is -0.137. The smallest absolute Gasteiger partial charge is 0.416 e. The zero-order chi connectivity index (χ0) is 20.6. The number of ether oxygens (including phenoxy) is 1. The Morgan fingerprint density at radius 2 is 1.93 bits per heavy atom. The van der Waals surface area contributed by atoms with Gasteiger partial charge in [0.2, 0.25) is 0 Å². The van der Waals surface area contributed by atoms with E-state index in [0.717, 1.165) is 17.1 Å². The van der Waals surface area contributed by atoms with Crippen LogP contribution in [-0.4, -0.2) is 23.9 Å². The second kappa shape index (κ2) is 7.12. The third kappa shape index (κ3) is 3.63. The lowest BCUT2D eigenvalue weighted by atomic mass is 10.1. The molecule has 6 nitrogen and oxygen atoms in total. The predicted molar refractivity (Wildman–Crippen MR) is 98.8 cm³/mol. The molecule has 2 amide bonds. The lowest BCUT2D eigenvalue weighted by Gasteiger charge is -2.14. The maximum atomic E-state index is 12.9. The maximum absolute atomic E-state index is 12.9. The number of amides is 2. The van der Waals surface area contributed by atoms with E-state index in [-0.39, 0.29) is 17.0 Å². The predicted octanol–water partition coefficient (Wildman–Crippen LogP) is 3.98. The number of halogens is 3. The zero-order valence-electron chi connectivity index (χ0n) is 14.7. The summed E-state index contributed by atoms with van der Waals surface area (Å²) in [7, 11) is 1.39. The van der Waals surface area contributed by atoms with Gasteiger partial charge in [-0.2, -0.15) is 13.2 Å². The second-order valence-electron chi connectivity index (χ2n) is 5.80. The molecule has 3 N–H and O–H groups in total. The molecule has 2 aromatic carbocycles. The molecule has 0 saturated heterocycles. The molecular weight excluding hydrogens is 395 g/mol. The highest BCUT2D eigenvalue weighted by Gasteiger charge is 2.32. The van der Waals surface area contributed by atoms with E-state index in [0.29, 0.717) is 16.3 Å². The van der Waals surface area contributed by atoms with Gasteiger partial charge in [0.25, 0.3) is 11.8 Å². The van der Waals surface area contributed by atoms with Crippen molar-refractivity contribution in [3.8, 4) is 5.75 Å². The van der Waals surface area contributed by atoms with E-state index in [1.54, 1.807) is 19.1 Å². The van der Waals surface area contributed by atoms with Crippen molar-refractivity contribution in [1.29, 1.82) is 0 Å². The summed E-state index contributed by atoms with van der Waals surface area (Å²) in [5.41, 5.74) is 4.32. The van der Waals surface area contributed by atoms with Crippen LogP contribution in [0.1, 0.15) is 31.3 Å². The number of carbonyl (C=O) groups is 2. The number of nitrogens with two attached hydrogens (primary N) is 1. The number of thiazole rings is 1. The van der Waals surface area contributed by atoms with Crippen LogP contribution in [0.4, 0.5) is 18.9 Å². The molecule has 28 heavy (non-hydrogen) atoms. The van der Waals surface area contributed by atoms with Crippen molar-refractivity contribution in [2.45, 2.75) is 13.1 Å². The molecule has 0 saturated carbocycles. The van der Waals surface area contributed by atoms with E-state index >= 15 is 0 Å². The number of hydrogen-bond acceptors (Lipinski definition) is 5. The third-order valence-corrected chi connectivity index (χ3v) is 4.94. The number of hydrogen-bond donors (Lipinski definition) is 2. The fraction of sp³-hybridized carbons (Fsp3) is 0.167. The molecule has 0 radical (unpaired) electrons. The highest BCUT2D eigenvalue weighted by atomic mass is 32.1. The Morgan fingerprint density at radius 1 is 1.21 bits per heavy atom. The summed E-state index contributed by atoms with van der Waals surface area (Å²) < 4.78 is 44.5. The number of benzene rings is 2. The summed E-state index contributed by atoms with van der Waals surface area (Å²) >= 11 is 1.27. The summed E-state index contributed by atoms with van der Waals surface area (Å²) in [6.45, 7) is 1.78. The number of carbonyl (C=O) groups excluding carboxylic acids is 2. The Morgan fingerprint density at radius 3 is 2.54 bits per heavy atom. The molecule has 0 spiro atoms. The van der Waals surface area contributed by atoms with Crippen molar-refractivity contribution < 1.29 is 27.5 Å². The number of anilines is 1. The van der Waals surface area contributed by atoms with Crippen LogP contribution >= 0.6 is 11.3 Å². The number of primary amides is 1. The fourth-order valence-electron chi connectivity index (χ4n) is 2.69. The van der Waals surface area contributed by atoms with Gasteiger partial charge >= 0.3 is 6.18 Å². The Labute approximate surface area is 161 Å². The number of nitrogens with zero attached hydrogens (tertiary/aromatic N) is 1. The average Bonchev–Trinajstić information content (AvgIpc) is 2.99. The number of aryl methyl sites for hydroxylation is 1. The molecule has 0 fully saturated rings. The fourth-order valence-corrected chi connectivity index (χ4v) is 3.64. The maximum Gasteiger partial charge on any atom is 0.416 e. The first kappa shape index (κ1) is 19.6. The minimum Gasteiger partial charge on any atom is -0.496 e. The first-order valence-electron chi connectivity index (χ1n) is 7.88. The molecule has 10 heteroatoms. The van der Waals surface area contributed by atoms with E-state index in [1.807, 2.05) is 0 Å². The molecule has 0 aliphatic carbocycles. The highest BCUT2D eigenvalue weighted by Crippen LogP contribution is 2.34. The van der Waals surface area contributed by atoms with E-state index in [2.05, 4.69) is 10.3 Å². The first-order chi connectivity index (χ1) is 13.1. The van der Waals surface area contributed by atoms with Crippen LogP contribution in [0.25, 0.3) is 10.2 Å². The molecule has 0 unspecified atom stereocenters. The van der Waals surface area contributed by atoms with Crippen molar-refractivity contribution in [2.75, 3.05) is 12.4 Å². The van der Waals surface area contributed by atoms with Crippen LogP contribution in [0, 0.1) is 6.92 Å². The van der Waals surface area contributed by atoms with Gasteiger partial charge in [-0.15, -0.1) is 11.3 Å². The van der Waals surface area contributed by atoms with Crippen LogP contribution < -0.4 is 15.8 Å². The number of rotatable bonds is 4. The molecule has 1 heterocycles. The second-order valence-corrected chi connectivity index (χ2v) is 7.00. The molecule has 0 aliphatic heterocycles. The SMILES string of the molecule is COc1ccc2nc(C)sc2c1C(=O)Nc1ccc(C(F)(F)F)cc1C(N)=O. The van der Waals surface area contributed by atoms with Crippen molar-refractivity contribution in [2.24, 2.45) is 5.73 Å². The largest absolute Gasteiger partial charge is 0.496 e. The van der Waals surface area contributed by atoms with Crippen LogP contribution in [0.2, 0.25) is 0 Å². The van der Waals surface area contributed by atoms with Gasteiger partial charge in [0.05, 0.1) is 39.1 Å². The minimum atomic E-state index is -4.65. The van der Waals surface area contributed by atoms with Gasteiger partial charge in [0, 0.05) is 0 Å². The number of alkyl halides is 3. The molecule has 0 bridgehead atoms. The van der Waals surface area contributed by atoms with Gasteiger partial charge in [-0.1, -0.05) is 0 Å². The molecule has 3 aromatic rings. The van der Waals surface area contributed by atoms with E-state index in [1.165, 1.54) is 18.4 Å². The number of methoxy groups -OCH3 is 1. The Kier molecular flexibility index (Phi) is 4.99. The minimum absolute atomic E-state index is 0.134. The van der Waals surface area contributed by atoms with Gasteiger partial charge in [0.15, 0.2) is 0 Å². The first-order valence-corrected chi connectivity index (χ1v) is 8.70. The standard InChI is InChI=1S/C18H14F3N3O3S/c1-8-23-12-5-6-13(27-2)14(15(12)28-8)17(26)24-11-4-3-9(18(19,20)21)7-10(11)16(22)25/h3-7H,1-2H3,(H2,22,25)(H,24,26). The van der Waals surface area contributed by atoms with Crippen molar-refractivity contribution >= 4 is 39.1 Å². The Hall–Kier alpha value is -3.14. The van der Waals surface area contributed by atoms with Crippen molar-refractivity contribution in [3.05, 3.63) is 52.0 Å². The van der Waals surface area contributed by atoms with Crippen LogP contribution in [0.15, 0.2) is 30.3 Å². The van der Waals surface area contributed by atoms with E-state index in [4.69, 9.17) is 10.5 Å². The molecule has 0 atom stereocenters. The summed E-state index contributed by atoms with van der Waals surface area (Å²) in [5.74, 6) is -1.49. The monoisotopic (exact) mass is 409 g/mol. The summed E-state index contributed by atoms with van der Waals surface area (Å²) in [4.78, 5) is 28.8. The van der Waals surface area contributed by atoms with Crippen LogP contribution in [-0.2, 0) is 6.18 Å². The Balaban J connectivity index is 2.07. The molecular formula is C18H14F3N3O3S. The van der Waals surface area contributed by atoms with Crippen LogP contribution in [0.3, 0.4) is 0 Å². The molecule has 1 aromatic heterocycles. The number of aromatic nitrogens is 1. The zero-order valence-corrected chi connectivity index (χ0v) is 15.5. The quantitative estimate of drug-likeness (QED) is 0.681. The highest BCUT2D eigenvalue weighted by molar-refractivity contribution is 7.19. The van der Waals surface area contributed by atoms with Gasteiger partial charge in [-0.25, -0.2) is 4.98 Å².